The van der Waals surface area contributed by atoms with E-state index in [9.17, 15) is 0 Å². The van der Waals surface area contributed by atoms with Crippen molar-refractivity contribution >= 4 is 5.65 Å². The Hall–Kier alpha value is -2.34. The minimum Gasteiger partial charge on any atom is -0.319 e. The Morgan fingerprint density at radius 3 is 2.74 bits per heavy atom. The Labute approximate surface area is 110 Å². The van der Waals surface area contributed by atoms with Crippen LogP contribution in [0.15, 0.2) is 36.7 Å². The minimum atomic E-state index is 0.768. The summed E-state index contributed by atoms with van der Waals surface area (Å²) in [5, 5.41) is 16.0. The van der Waals surface area contributed by atoms with E-state index in [1.807, 2.05) is 31.3 Å². The van der Waals surface area contributed by atoms with Crippen molar-refractivity contribution in [1.82, 2.24) is 30.1 Å². The van der Waals surface area contributed by atoms with Gasteiger partial charge in [0.1, 0.15) is 0 Å². The summed E-state index contributed by atoms with van der Waals surface area (Å²) in [5.41, 5.74) is 2.69. The molecular weight excluding hydrogens is 240 g/mol. The van der Waals surface area contributed by atoms with E-state index in [1.54, 1.807) is 16.9 Å². The molecule has 0 spiro atoms. The average molecular weight is 254 g/mol. The van der Waals surface area contributed by atoms with Gasteiger partial charge in [0.15, 0.2) is 11.5 Å². The van der Waals surface area contributed by atoms with Crippen LogP contribution in [0.2, 0.25) is 0 Å². The third-order valence-electron chi connectivity index (χ3n) is 2.90. The third-order valence-corrected chi connectivity index (χ3v) is 2.90. The molecule has 3 aromatic heterocycles. The topological polar surface area (TPSA) is 68.0 Å². The molecule has 1 N–H and O–H groups in total. The molecule has 0 aliphatic rings. The summed E-state index contributed by atoms with van der Waals surface area (Å²) < 4.78 is 1.80. The SMILES string of the molecule is CNCCc1nnc2ccc(-c3ccncc3)nn12. The van der Waals surface area contributed by atoms with Crippen molar-refractivity contribution in [2.75, 3.05) is 13.6 Å². The van der Waals surface area contributed by atoms with Crippen LogP contribution >= 0.6 is 0 Å². The van der Waals surface area contributed by atoms with Gasteiger partial charge in [-0.2, -0.15) is 9.61 Å². The second kappa shape index (κ2) is 5.11. The lowest BCUT2D eigenvalue weighted by Gasteiger charge is -2.02. The number of nitrogens with zero attached hydrogens (tertiary/aromatic N) is 5. The summed E-state index contributed by atoms with van der Waals surface area (Å²) in [4.78, 5) is 4.01. The maximum atomic E-state index is 4.59. The largest absolute Gasteiger partial charge is 0.319 e. The fourth-order valence-electron chi connectivity index (χ4n) is 1.90. The Bertz CT molecular complexity index is 676. The van der Waals surface area contributed by atoms with E-state index >= 15 is 0 Å². The summed E-state index contributed by atoms with van der Waals surface area (Å²) in [7, 11) is 1.92. The van der Waals surface area contributed by atoms with Gasteiger partial charge in [-0.15, -0.1) is 10.2 Å². The van der Waals surface area contributed by atoms with Crippen LogP contribution in [-0.2, 0) is 6.42 Å². The van der Waals surface area contributed by atoms with Crippen molar-refractivity contribution in [3.05, 3.63) is 42.5 Å². The molecule has 0 aromatic carbocycles. The number of fused-ring (bicyclic) bond motifs is 1. The molecular formula is C13H14N6. The highest BCUT2D eigenvalue weighted by atomic mass is 15.4. The maximum absolute atomic E-state index is 4.59. The average Bonchev–Trinajstić information content (AvgIpc) is 2.88. The molecule has 0 unspecified atom stereocenters. The molecule has 6 heteroatoms. The highest BCUT2D eigenvalue weighted by Crippen LogP contribution is 2.16. The third kappa shape index (κ3) is 2.30. The fourth-order valence-corrected chi connectivity index (χ4v) is 1.90. The van der Waals surface area contributed by atoms with E-state index < -0.39 is 0 Å². The Morgan fingerprint density at radius 2 is 1.95 bits per heavy atom. The van der Waals surface area contributed by atoms with E-state index in [0.29, 0.717) is 0 Å². The minimum absolute atomic E-state index is 0.768. The predicted octanol–water partition coefficient (Wildman–Crippen LogP) is 0.948. The number of hydrogen-bond donors (Lipinski definition) is 1. The van der Waals surface area contributed by atoms with E-state index in [0.717, 1.165) is 35.7 Å². The van der Waals surface area contributed by atoms with Crippen molar-refractivity contribution < 1.29 is 0 Å². The first kappa shape index (κ1) is 11.7. The van der Waals surface area contributed by atoms with E-state index in [-0.39, 0.29) is 0 Å². The summed E-state index contributed by atoms with van der Waals surface area (Å²) in [6, 6.07) is 7.75. The summed E-state index contributed by atoms with van der Waals surface area (Å²) in [6.45, 7) is 0.849. The predicted molar refractivity (Wildman–Crippen MR) is 71.6 cm³/mol. The zero-order valence-electron chi connectivity index (χ0n) is 10.6. The lowest BCUT2D eigenvalue weighted by atomic mass is 10.2. The van der Waals surface area contributed by atoms with Gasteiger partial charge in [-0.1, -0.05) is 0 Å². The first-order valence-corrected chi connectivity index (χ1v) is 6.15. The maximum Gasteiger partial charge on any atom is 0.177 e. The zero-order valence-corrected chi connectivity index (χ0v) is 10.6. The Morgan fingerprint density at radius 1 is 1.11 bits per heavy atom. The molecule has 3 heterocycles. The van der Waals surface area contributed by atoms with Gasteiger partial charge in [-0.05, 0) is 31.3 Å². The number of rotatable bonds is 4. The molecule has 19 heavy (non-hydrogen) atoms. The first-order chi connectivity index (χ1) is 9.38. The molecule has 96 valence electrons. The molecule has 0 fully saturated rings. The van der Waals surface area contributed by atoms with Crippen molar-refractivity contribution in [2.24, 2.45) is 0 Å². The standard InChI is InChI=1S/C13H14N6/c1-14-7-6-13-17-16-12-3-2-11(18-19(12)13)10-4-8-15-9-5-10/h2-5,8-9,14H,6-7H2,1H3. The molecule has 0 bridgehead atoms. The van der Waals surface area contributed by atoms with Crippen LogP contribution < -0.4 is 5.32 Å². The second-order valence-electron chi connectivity index (χ2n) is 4.19. The molecule has 6 nitrogen and oxygen atoms in total. The van der Waals surface area contributed by atoms with Gasteiger partial charge in [-0.25, -0.2) is 0 Å². The van der Waals surface area contributed by atoms with Gasteiger partial charge >= 0.3 is 0 Å². The monoisotopic (exact) mass is 254 g/mol. The van der Waals surface area contributed by atoms with Crippen LogP contribution in [0.25, 0.3) is 16.9 Å². The lowest BCUT2D eigenvalue weighted by Crippen LogP contribution is -2.13. The summed E-state index contributed by atoms with van der Waals surface area (Å²) in [6.07, 6.45) is 4.31. The summed E-state index contributed by atoms with van der Waals surface area (Å²) >= 11 is 0. The smallest absolute Gasteiger partial charge is 0.177 e. The van der Waals surface area contributed by atoms with Crippen LogP contribution in [-0.4, -0.2) is 38.4 Å². The Kier molecular flexibility index (Phi) is 3.16. The highest BCUT2D eigenvalue weighted by Gasteiger charge is 2.08. The van der Waals surface area contributed by atoms with Crippen LogP contribution in [0.3, 0.4) is 0 Å². The summed E-state index contributed by atoms with van der Waals surface area (Å²) in [5.74, 6) is 0.861. The molecule has 0 amide bonds. The van der Waals surface area contributed by atoms with Crippen molar-refractivity contribution in [3.63, 3.8) is 0 Å². The molecule has 3 aromatic rings. The molecule has 3 rings (SSSR count). The number of likely N-dealkylation sites (N-methyl/N-ethyl adjacent to an activating group) is 1. The number of pyridine rings is 1. The number of aromatic nitrogens is 5. The fraction of sp³-hybridized carbons (Fsp3) is 0.231. The van der Waals surface area contributed by atoms with E-state index in [4.69, 9.17) is 0 Å². The first-order valence-electron chi connectivity index (χ1n) is 6.15. The molecule has 0 atom stereocenters. The molecule has 0 radical (unpaired) electrons. The molecule has 0 saturated carbocycles. The quantitative estimate of drug-likeness (QED) is 0.750. The van der Waals surface area contributed by atoms with E-state index in [2.05, 4.69) is 25.6 Å². The van der Waals surface area contributed by atoms with Gasteiger partial charge in [0.2, 0.25) is 0 Å². The van der Waals surface area contributed by atoms with Crippen LogP contribution in [0, 0.1) is 0 Å². The van der Waals surface area contributed by atoms with Crippen molar-refractivity contribution in [1.29, 1.82) is 0 Å². The second-order valence-corrected chi connectivity index (χ2v) is 4.19. The normalized spacial score (nSPS) is 11.0. The zero-order chi connectivity index (χ0) is 13.1. The van der Waals surface area contributed by atoms with Crippen molar-refractivity contribution in [2.45, 2.75) is 6.42 Å². The van der Waals surface area contributed by atoms with Gasteiger partial charge in [-0.3, -0.25) is 4.98 Å². The molecule has 0 saturated heterocycles. The van der Waals surface area contributed by atoms with Crippen LogP contribution in [0.1, 0.15) is 5.82 Å². The highest BCUT2D eigenvalue weighted by molar-refractivity contribution is 5.59. The molecule has 0 aliphatic heterocycles. The lowest BCUT2D eigenvalue weighted by molar-refractivity contribution is 0.726. The Balaban J connectivity index is 2.04. The molecule has 0 aliphatic carbocycles. The van der Waals surface area contributed by atoms with Crippen LogP contribution in [0.4, 0.5) is 0 Å². The van der Waals surface area contributed by atoms with Gasteiger partial charge in [0.05, 0.1) is 5.69 Å². The van der Waals surface area contributed by atoms with Gasteiger partial charge < -0.3 is 5.32 Å². The van der Waals surface area contributed by atoms with E-state index in [1.165, 1.54) is 0 Å². The number of hydrogen-bond acceptors (Lipinski definition) is 5. The van der Waals surface area contributed by atoms with Gasteiger partial charge in [0.25, 0.3) is 0 Å². The number of nitrogens with one attached hydrogen (secondary N) is 1. The van der Waals surface area contributed by atoms with Crippen molar-refractivity contribution in [3.8, 4) is 11.3 Å². The van der Waals surface area contributed by atoms with Gasteiger partial charge in [0, 0.05) is 30.9 Å². The van der Waals surface area contributed by atoms with Crippen LogP contribution in [0.5, 0.6) is 0 Å².